The number of hydrogen-bond acceptors (Lipinski definition) is 4. The SMILES string of the molecule is CC(C(=O)c1ccc(Br)cc1)C1c2cc(Br)ccc2OC(=O)C1C(=O)c1ccccc1. The van der Waals surface area contributed by atoms with Crippen molar-refractivity contribution in [2.24, 2.45) is 11.8 Å². The molecule has 0 radical (unpaired) electrons. The maximum atomic E-state index is 13.4. The van der Waals surface area contributed by atoms with Crippen molar-refractivity contribution in [2.45, 2.75) is 12.8 Å². The van der Waals surface area contributed by atoms with Crippen LogP contribution in [-0.4, -0.2) is 17.5 Å². The molecule has 0 aromatic heterocycles. The summed E-state index contributed by atoms with van der Waals surface area (Å²) in [6.07, 6.45) is 0. The van der Waals surface area contributed by atoms with Crippen molar-refractivity contribution in [3.63, 3.8) is 0 Å². The molecule has 156 valence electrons. The van der Waals surface area contributed by atoms with Crippen LogP contribution in [-0.2, 0) is 4.79 Å². The van der Waals surface area contributed by atoms with E-state index in [4.69, 9.17) is 4.74 Å². The van der Waals surface area contributed by atoms with Crippen LogP contribution in [0.1, 0.15) is 39.1 Å². The number of ketones is 2. The molecule has 0 N–H and O–H groups in total. The van der Waals surface area contributed by atoms with Gasteiger partial charge in [-0.05, 0) is 30.3 Å². The first-order valence-corrected chi connectivity index (χ1v) is 11.4. The van der Waals surface area contributed by atoms with Crippen LogP contribution in [0.25, 0.3) is 0 Å². The summed E-state index contributed by atoms with van der Waals surface area (Å²) in [5.74, 6) is -3.13. The van der Waals surface area contributed by atoms with Crippen molar-refractivity contribution < 1.29 is 19.1 Å². The number of benzene rings is 3. The molecule has 4 nitrogen and oxygen atoms in total. The van der Waals surface area contributed by atoms with Crippen LogP contribution in [0.15, 0.2) is 81.7 Å². The smallest absolute Gasteiger partial charge is 0.322 e. The molecule has 0 fully saturated rings. The fourth-order valence-electron chi connectivity index (χ4n) is 4.02. The molecular formula is C25H18Br2O4. The molecule has 0 aliphatic carbocycles. The van der Waals surface area contributed by atoms with E-state index in [1.807, 2.05) is 6.07 Å². The molecule has 0 spiro atoms. The molecule has 1 aliphatic heterocycles. The lowest BCUT2D eigenvalue weighted by atomic mass is 9.71. The first kappa shape index (κ1) is 21.7. The molecule has 6 heteroatoms. The van der Waals surface area contributed by atoms with E-state index in [0.717, 1.165) is 8.95 Å². The summed E-state index contributed by atoms with van der Waals surface area (Å²) >= 11 is 6.84. The first-order valence-electron chi connectivity index (χ1n) is 9.77. The maximum Gasteiger partial charge on any atom is 0.322 e. The Morgan fingerprint density at radius 3 is 2.19 bits per heavy atom. The second-order valence-electron chi connectivity index (χ2n) is 7.50. The molecule has 3 atom stereocenters. The van der Waals surface area contributed by atoms with E-state index in [9.17, 15) is 14.4 Å². The highest BCUT2D eigenvalue weighted by molar-refractivity contribution is 9.10. The minimum Gasteiger partial charge on any atom is -0.426 e. The van der Waals surface area contributed by atoms with Gasteiger partial charge in [0.15, 0.2) is 11.6 Å². The average Bonchev–Trinajstić information content (AvgIpc) is 2.78. The lowest BCUT2D eigenvalue weighted by Crippen LogP contribution is -2.41. The van der Waals surface area contributed by atoms with Gasteiger partial charge in [0.2, 0.25) is 0 Å². The Morgan fingerprint density at radius 2 is 1.52 bits per heavy atom. The molecule has 31 heavy (non-hydrogen) atoms. The summed E-state index contributed by atoms with van der Waals surface area (Å²) in [5.41, 5.74) is 1.61. The molecule has 0 saturated carbocycles. The lowest BCUT2D eigenvalue weighted by molar-refractivity contribution is -0.139. The van der Waals surface area contributed by atoms with Gasteiger partial charge in [-0.3, -0.25) is 14.4 Å². The highest BCUT2D eigenvalue weighted by Crippen LogP contribution is 2.45. The molecule has 0 amide bonds. The largest absolute Gasteiger partial charge is 0.426 e. The molecule has 0 saturated heterocycles. The minimum atomic E-state index is -1.11. The Hall–Kier alpha value is -2.57. The highest BCUT2D eigenvalue weighted by atomic mass is 79.9. The van der Waals surface area contributed by atoms with Crippen LogP contribution in [0.4, 0.5) is 0 Å². The molecule has 4 rings (SSSR count). The van der Waals surface area contributed by atoms with Gasteiger partial charge >= 0.3 is 5.97 Å². The predicted octanol–water partition coefficient (Wildman–Crippen LogP) is 6.23. The Bertz CT molecular complexity index is 1160. The zero-order valence-corrected chi connectivity index (χ0v) is 19.7. The van der Waals surface area contributed by atoms with Gasteiger partial charge in [-0.1, -0.05) is 81.2 Å². The number of halogens is 2. The highest BCUT2D eigenvalue weighted by Gasteiger charge is 2.47. The van der Waals surface area contributed by atoms with Crippen molar-refractivity contribution in [3.05, 3.63) is 98.4 Å². The third kappa shape index (κ3) is 4.27. The van der Waals surface area contributed by atoms with Gasteiger partial charge in [-0.2, -0.15) is 0 Å². The van der Waals surface area contributed by atoms with E-state index < -0.39 is 23.7 Å². The third-order valence-corrected chi connectivity index (χ3v) is 6.60. The number of esters is 1. The normalized spacial score (nSPS) is 18.6. The van der Waals surface area contributed by atoms with Crippen molar-refractivity contribution in [3.8, 4) is 5.75 Å². The summed E-state index contributed by atoms with van der Waals surface area (Å²) in [4.78, 5) is 39.8. The Balaban J connectivity index is 1.81. The lowest BCUT2D eigenvalue weighted by Gasteiger charge is -2.34. The molecule has 3 aromatic carbocycles. The van der Waals surface area contributed by atoms with E-state index in [2.05, 4.69) is 31.9 Å². The van der Waals surface area contributed by atoms with Crippen LogP contribution in [0, 0.1) is 11.8 Å². The summed E-state index contributed by atoms with van der Waals surface area (Å²) in [6.45, 7) is 1.77. The summed E-state index contributed by atoms with van der Waals surface area (Å²) in [5, 5.41) is 0. The zero-order valence-electron chi connectivity index (χ0n) is 16.5. The number of carbonyl (C=O) groups is 3. The van der Waals surface area contributed by atoms with Gasteiger partial charge < -0.3 is 4.74 Å². The first-order chi connectivity index (χ1) is 14.9. The van der Waals surface area contributed by atoms with Crippen LogP contribution in [0.2, 0.25) is 0 Å². The number of hydrogen-bond donors (Lipinski definition) is 0. The van der Waals surface area contributed by atoms with Crippen molar-refractivity contribution in [1.29, 1.82) is 0 Å². The number of ether oxygens (including phenoxy) is 1. The standard InChI is InChI=1S/C25H18Br2O4/c1-14(23(28)16-7-9-17(26)10-8-16)21-19-13-18(27)11-12-20(19)31-25(30)22(21)24(29)15-5-3-2-4-6-15/h2-14,21-22H,1H3. The summed E-state index contributed by atoms with van der Waals surface area (Å²) in [6, 6.07) is 21.0. The molecule has 3 unspecified atom stereocenters. The number of carbonyl (C=O) groups excluding carboxylic acids is 3. The van der Waals surface area contributed by atoms with E-state index in [0.29, 0.717) is 22.4 Å². The summed E-state index contributed by atoms with van der Waals surface area (Å²) < 4.78 is 7.17. The third-order valence-electron chi connectivity index (χ3n) is 5.58. The number of rotatable bonds is 5. The van der Waals surface area contributed by atoms with Gasteiger partial charge in [-0.25, -0.2) is 0 Å². The summed E-state index contributed by atoms with van der Waals surface area (Å²) in [7, 11) is 0. The molecular weight excluding hydrogens is 524 g/mol. The molecule has 3 aromatic rings. The predicted molar refractivity (Wildman–Crippen MR) is 124 cm³/mol. The second-order valence-corrected chi connectivity index (χ2v) is 9.33. The molecule has 1 aliphatic rings. The molecule has 0 bridgehead atoms. The van der Waals surface area contributed by atoms with E-state index in [-0.39, 0.29) is 11.6 Å². The van der Waals surface area contributed by atoms with Gasteiger partial charge in [0.25, 0.3) is 0 Å². The average molecular weight is 542 g/mol. The van der Waals surface area contributed by atoms with Gasteiger partial charge in [0.05, 0.1) is 0 Å². The van der Waals surface area contributed by atoms with Gasteiger partial charge in [0, 0.05) is 37.5 Å². The fourth-order valence-corrected chi connectivity index (χ4v) is 4.66. The van der Waals surface area contributed by atoms with Crippen LogP contribution in [0.5, 0.6) is 5.75 Å². The van der Waals surface area contributed by atoms with Crippen molar-refractivity contribution in [2.75, 3.05) is 0 Å². The Morgan fingerprint density at radius 1 is 0.871 bits per heavy atom. The van der Waals surface area contributed by atoms with E-state index in [1.165, 1.54) is 0 Å². The second kappa shape index (κ2) is 8.89. The Labute approximate surface area is 196 Å². The van der Waals surface area contributed by atoms with Crippen molar-refractivity contribution in [1.82, 2.24) is 0 Å². The minimum absolute atomic E-state index is 0.135. The van der Waals surface area contributed by atoms with Crippen LogP contribution in [0.3, 0.4) is 0 Å². The van der Waals surface area contributed by atoms with Gasteiger partial charge in [-0.15, -0.1) is 0 Å². The Kier molecular flexibility index (Phi) is 6.21. The van der Waals surface area contributed by atoms with Crippen LogP contribution < -0.4 is 4.74 Å². The topological polar surface area (TPSA) is 60.4 Å². The van der Waals surface area contributed by atoms with Crippen molar-refractivity contribution >= 4 is 49.4 Å². The number of fused-ring (bicyclic) bond motifs is 1. The van der Waals surface area contributed by atoms with Gasteiger partial charge in [0.1, 0.15) is 11.7 Å². The quantitative estimate of drug-likeness (QED) is 0.166. The maximum absolute atomic E-state index is 13.4. The van der Waals surface area contributed by atoms with E-state index in [1.54, 1.807) is 73.7 Å². The van der Waals surface area contributed by atoms with E-state index >= 15 is 0 Å². The number of Topliss-reactive ketones (excluding diaryl/α,β-unsaturated/α-hetero) is 2. The monoisotopic (exact) mass is 540 g/mol. The molecule has 1 heterocycles. The van der Waals surface area contributed by atoms with Crippen LogP contribution >= 0.6 is 31.9 Å². The fraction of sp³-hybridized carbons (Fsp3) is 0.160. The zero-order chi connectivity index (χ0) is 22.1.